The van der Waals surface area contributed by atoms with E-state index in [1.54, 1.807) is 0 Å². The van der Waals surface area contributed by atoms with E-state index < -0.39 is 0 Å². The van der Waals surface area contributed by atoms with Crippen molar-refractivity contribution in [1.29, 1.82) is 0 Å². The molecule has 10 rings (SSSR count). The predicted octanol–water partition coefficient (Wildman–Crippen LogP) is 10.6. The van der Waals surface area contributed by atoms with E-state index in [1.165, 1.54) is 75.8 Å². The normalized spacial score (nSPS) is 13.9. The molecule has 0 unspecified atom stereocenters. The molecule has 1 spiro atoms. The summed E-state index contributed by atoms with van der Waals surface area (Å²) in [5, 5.41) is 2.42. The molecule has 2 aromatic heterocycles. The third-order valence-electron chi connectivity index (χ3n) is 9.47. The summed E-state index contributed by atoms with van der Waals surface area (Å²) in [6.07, 6.45) is 0. The maximum atomic E-state index is 5.10. The Kier molecular flexibility index (Phi) is 4.32. The number of fused-ring (bicyclic) bond motifs is 14. The molecular formula is C40H23NS. The summed E-state index contributed by atoms with van der Waals surface area (Å²) in [6, 6.07) is 51.7. The number of rotatable bonds is 1. The third-order valence-corrected chi connectivity index (χ3v) is 10.6. The summed E-state index contributed by atoms with van der Waals surface area (Å²) in [5.41, 5.74) is 15.1. The predicted molar refractivity (Wildman–Crippen MR) is 176 cm³/mol. The van der Waals surface area contributed by atoms with Crippen LogP contribution in [0.4, 0.5) is 0 Å². The van der Waals surface area contributed by atoms with Crippen LogP contribution in [0.5, 0.6) is 0 Å². The molecule has 8 aromatic rings. The lowest BCUT2D eigenvalue weighted by Crippen LogP contribution is -2.25. The van der Waals surface area contributed by atoms with Gasteiger partial charge in [-0.3, -0.25) is 0 Å². The molecule has 0 bridgehead atoms. The second-order valence-electron chi connectivity index (χ2n) is 11.5. The molecule has 0 atom stereocenters. The number of hydrogen-bond acceptors (Lipinski definition) is 2. The monoisotopic (exact) mass is 549 g/mol. The van der Waals surface area contributed by atoms with Crippen LogP contribution in [-0.2, 0) is 5.41 Å². The topological polar surface area (TPSA) is 12.9 Å². The molecule has 2 aliphatic carbocycles. The highest BCUT2D eigenvalue weighted by molar-refractivity contribution is 7.25. The molecule has 6 aromatic carbocycles. The van der Waals surface area contributed by atoms with Crippen molar-refractivity contribution in [1.82, 2.24) is 4.98 Å². The number of pyridine rings is 1. The molecule has 0 saturated heterocycles. The van der Waals surface area contributed by atoms with Gasteiger partial charge in [0.15, 0.2) is 0 Å². The largest absolute Gasteiger partial charge is 0.246 e. The smallest absolute Gasteiger partial charge is 0.0896 e. The SMILES string of the molecule is c1ccc2c(c1)-c1ccccc1C21c2ccccc2-c2ccc(-c3ccc4nc5c(cc4c3)sc3ccccc35)cc21. The zero-order valence-corrected chi connectivity index (χ0v) is 23.5. The second kappa shape index (κ2) is 8.03. The van der Waals surface area contributed by atoms with E-state index in [1.807, 2.05) is 11.3 Å². The minimum atomic E-state index is -0.323. The van der Waals surface area contributed by atoms with Gasteiger partial charge >= 0.3 is 0 Å². The van der Waals surface area contributed by atoms with Crippen molar-refractivity contribution in [3.63, 3.8) is 0 Å². The summed E-state index contributed by atoms with van der Waals surface area (Å²) in [4.78, 5) is 5.10. The zero-order valence-electron chi connectivity index (χ0n) is 22.6. The number of hydrogen-bond donors (Lipinski definition) is 0. The van der Waals surface area contributed by atoms with Crippen LogP contribution in [0.1, 0.15) is 22.3 Å². The van der Waals surface area contributed by atoms with E-state index >= 15 is 0 Å². The van der Waals surface area contributed by atoms with Crippen molar-refractivity contribution in [3.05, 3.63) is 162 Å². The average Bonchev–Trinajstić information content (AvgIpc) is 3.67. The van der Waals surface area contributed by atoms with E-state index in [4.69, 9.17) is 4.98 Å². The van der Waals surface area contributed by atoms with Crippen molar-refractivity contribution in [2.45, 2.75) is 5.41 Å². The van der Waals surface area contributed by atoms with Crippen LogP contribution in [-0.4, -0.2) is 4.98 Å². The Labute approximate surface area is 247 Å². The Hall–Kier alpha value is -5.05. The number of nitrogens with zero attached hydrogens (tertiary/aromatic N) is 1. The molecule has 1 nitrogen and oxygen atoms in total. The van der Waals surface area contributed by atoms with Crippen LogP contribution in [0.25, 0.3) is 64.6 Å². The maximum Gasteiger partial charge on any atom is 0.0896 e. The summed E-state index contributed by atoms with van der Waals surface area (Å²) in [6.45, 7) is 0. The molecule has 2 heteroatoms. The van der Waals surface area contributed by atoms with E-state index in [-0.39, 0.29) is 5.41 Å². The minimum Gasteiger partial charge on any atom is -0.246 e. The summed E-state index contributed by atoms with van der Waals surface area (Å²) < 4.78 is 2.53. The van der Waals surface area contributed by atoms with Gasteiger partial charge < -0.3 is 0 Å². The van der Waals surface area contributed by atoms with Crippen molar-refractivity contribution in [2.24, 2.45) is 0 Å². The lowest BCUT2D eigenvalue weighted by atomic mass is 9.70. The Morgan fingerprint density at radius 1 is 0.452 bits per heavy atom. The first-order valence-electron chi connectivity index (χ1n) is 14.5. The molecule has 0 radical (unpaired) electrons. The van der Waals surface area contributed by atoms with E-state index in [0.717, 1.165) is 11.0 Å². The van der Waals surface area contributed by atoms with Crippen molar-refractivity contribution in [3.8, 4) is 33.4 Å². The van der Waals surface area contributed by atoms with E-state index in [2.05, 4.69) is 140 Å². The van der Waals surface area contributed by atoms with Gasteiger partial charge in [-0.1, -0.05) is 109 Å². The molecule has 0 aliphatic heterocycles. The van der Waals surface area contributed by atoms with E-state index in [0.29, 0.717) is 0 Å². The van der Waals surface area contributed by atoms with Crippen LogP contribution in [0, 0.1) is 0 Å². The fourth-order valence-electron chi connectivity index (χ4n) is 7.75. The quantitative estimate of drug-likeness (QED) is 0.198. The molecule has 42 heavy (non-hydrogen) atoms. The number of aromatic nitrogens is 1. The van der Waals surface area contributed by atoms with Gasteiger partial charge in [-0.25, -0.2) is 4.98 Å². The van der Waals surface area contributed by atoms with Crippen LogP contribution >= 0.6 is 11.3 Å². The van der Waals surface area contributed by atoms with Crippen LogP contribution in [0.2, 0.25) is 0 Å². The lowest BCUT2D eigenvalue weighted by molar-refractivity contribution is 0.794. The van der Waals surface area contributed by atoms with Gasteiger partial charge in [-0.2, -0.15) is 0 Å². The summed E-state index contributed by atoms with van der Waals surface area (Å²) >= 11 is 1.82. The van der Waals surface area contributed by atoms with Gasteiger partial charge in [0.1, 0.15) is 0 Å². The van der Waals surface area contributed by atoms with Crippen molar-refractivity contribution in [2.75, 3.05) is 0 Å². The maximum absolute atomic E-state index is 5.10. The number of benzene rings is 6. The van der Waals surface area contributed by atoms with Gasteiger partial charge in [-0.05, 0) is 86.0 Å². The van der Waals surface area contributed by atoms with Crippen LogP contribution in [0.15, 0.2) is 140 Å². The Morgan fingerprint density at radius 2 is 1.02 bits per heavy atom. The first-order chi connectivity index (χ1) is 20.8. The Morgan fingerprint density at radius 3 is 1.74 bits per heavy atom. The van der Waals surface area contributed by atoms with Gasteiger partial charge in [0, 0.05) is 15.5 Å². The second-order valence-corrected chi connectivity index (χ2v) is 12.6. The molecule has 0 N–H and O–H groups in total. The van der Waals surface area contributed by atoms with E-state index in [9.17, 15) is 0 Å². The van der Waals surface area contributed by atoms with Crippen LogP contribution in [0.3, 0.4) is 0 Å². The van der Waals surface area contributed by atoms with Gasteiger partial charge in [0.2, 0.25) is 0 Å². The number of thiophene rings is 1. The minimum absolute atomic E-state index is 0.323. The van der Waals surface area contributed by atoms with Gasteiger partial charge in [0.05, 0.1) is 21.1 Å². The molecule has 0 saturated carbocycles. The molecule has 2 aliphatic rings. The summed E-state index contributed by atoms with van der Waals surface area (Å²) in [5.74, 6) is 0. The molecule has 2 heterocycles. The van der Waals surface area contributed by atoms with Gasteiger partial charge in [0.25, 0.3) is 0 Å². The molecule has 194 valence electrons. The highest BCUT2D eigenvalue weighted by atomic mass is 32.1. The first kappa shape index (κ1) is 22.6. The van der Waals surface area contributed by atoms with Gasteiger partial charge in [-0.15, -0.1) is 11.3 Å². The summed E-state index contributed by atoms with van der Waals surface area (Å²) in [7, 11) is 0. The van der Waals surface area contributed by atoms with Crippen LogP contribution < -0.4 is 0 Å². The first-order valence-corrected chi connectivity index (χ1v) is 15.3. The molecule has 0 amide bonds. The lowest BCUT2D eigenvalue weighted by Gasteiger charge is -2.30. The fourth-order valence-corrected chi connectivity index (χ4v) is 8.85. The standard InChI is InChI=1S/C40H23NS/c1-5-13-32-27(9-1)28-10-2-6-14-33(28)40(32)34-15-7-3-11-29(34)30-19-17-25(22-35(30)40)24-18-20-36-26(21-24)23-38-39(41-36)31-12-4-8-16-37(31)42-38/h1-23H. The third kappa shape index (κ3) is 2.75. The Bertz CT molecular complexity index is 2360. The molecule has 0 fully saturated rings. The fraction of sp³-hybridized carbons (Fsp3) is 0.0250. The van der Waals surface area contributed by atoms with Crippen molar-refractivity contribution < 1.29 is 0 Å². The van der Waals surface area contributed by atoms with Crippen molar-refractivity contribution >= 4 is 42.5 Å². The molecular weight excluding hydrogens is 527 g/mol. The highest BCUT2D eigenvalue weighted by Crippen LogP contribution is 2.63. The highest BCUT2D eigenvalue weighted by Gasteiger charge is 2.51. The zero-order chi connectivity index (χ0) is 27.4. The Balaban J connectivity index is 1.22. The average molecular weight is 550 g/mol.